The van der Waals surface area contributed by atoms with E-state index in [9.17, 15) is 9.90 Å². The van der Waals surface area contributed by atoms with Gasteiger partial charge < -0.3 is 10.0 Å². The quantitative estimate of drug-likeness (QED) is 0.911. The largest absolute Gasteiger partial charge is 0.393 e. The lowest BCUT2D eigenvalue weighted by Crippen LogP contribution is -2.39. The molecule has 0 radical (unpaired) electrons. The van der Waals surface area contributed by atoms with E-state index in [0.717, 1.165) is 36.9 Å². The van der Waals surface area contributed by atoms with Crippen LogP contribution in [0.15, 0.2) is 36.5 Å². The summed E-state index contributed by atoms with van der Waals surface area (Å²) in [7, 11) is 1.79. The summed E-state index contributed by atoms with van der Waals surface area (Å²) in [5, 5.41) is 18.2. The van der Waals surface area contributed by atoms with Crippen molar-refractivity contribution >= 4 is 5.91 Å². The summed E-state index contributed by atoms with van der Waals surface area (Å²) in [5.41, 5.74) is 1.74. The minimum Gasteiger partial charge on any atom is -0.393 e. The van der Waals surface area contributed by atoms with Crippen LogP contribution < -0.4 is 0 Å². The Morgan fingerprint density at radius 1 is 1.29 bits per heavy atom. The SMILES string of the molecule is CN(CC1CCCCC1O)C(=O)Cn1cc(-c2ccccc2)nn1. The summed E-state index contributed by atoms with van der Waals surface area (Å²) >= 11 is 0. The van der Waals surface area contributed by atoms with Gasteiger partial charge in [-0.25, -0.2) is 4.68 Å². The van der Waals surface area contributed by atoms with Gasteiger partial charge in [0.05, 0.1) is 12.3 Å². The number of hydrogen-bond acceptors (Lipinski definition) is 4. The number of aliphatic hydroxyl groups excluding tert-OH is 1. The predicted octanol–water partition coefficient (Wildman–Crippen LogP) is 1.95. The molecule has 2 unspecified atom stereocenters. The molecule has 6 heteroatoms. The highest BCUT2D eigenvalue weighted by molar-refractivity contribution is 5.75. The molecular weight excluding hydrogens is 304 g/mol. The zero-order valence-electron chi connectivity index (χ0n) is 14.0. The lowest BCUT2D eigenvalue weighted by Gasteiger charge is -2.31. The number of carbonyl (C=O) groups excluding carboxylic acids is 1. The van der Waals surface area contributed by atoms with E-state index >= 15 is 0 Å². The van der Waals surface area contributed by atoms with Crippen LogP contribution in [0.4, 0.5) is 0 Å². The molecule has 1 fully saturated rings. The van der Waals surface area contributed by atoms with Crippen molar-refractivity contribution in [2.45, 2.75) is 38.3 Å². The second-order valence-electron chi connectivity index (χ2n) is 6.55. The molecular formula is C18H24N4O2. The minimum atomic E-state index is -0.287. The number of carbonyl (C=O) groups is 1. The number of aromatic nitrogens is 3. The highest BCUT2D eigenvalue weighted by Crippen LogP contribution is 2.25. The Hall–Kier alpha value is -2.21. The molecule has 1 aromatic heterocycles. The molecule has 1 aromatic carbocycles. The molecule has 24 heavy (non-hydrogen) atoms. The van der Waals surface area contributed by atoms with E-state index in [4.69, 9.17) is 0 Å². The minimum absolute atomic E-state index is 0.0164. The molecule has 1 aliphatic rings. The fourth-order valence-corrected chi connectivity index (χ4v) is 3.23. The average Bonchev–Trinajstić information content (AvgIpc) is 3.06. The molecule has 1 aliphatic carbocycles. The van der Waals surface area contributed by atoms with Crippen LogP contribution in [0.2, 0.25) is 0 Å². The molecule has 0 saturated heterocycles. The van der Waals surface area contributed by atoms with E-state index in [0.29, 0.717) is 6.54 Å². The molecule has 0 bridgehead atoms. The number of rotatable bonds is 5. The fourth-order valence-electron chi connectivity index (χ4n) is 3.23. The van der Waals surface area contributed by atoms with Crippen LogP contribution in [0.1, 0.15) is 25.7 Å². The molecule has 1 amide bonds. The van der Waals surface area contributed by atoms with Crippen LogP contribution in [-0.4, -0.2) is 50.6 Å². The molecule has 2 atom stereocenters. The third-order valence-electron chi connectivity index (χ3n) is 4.71. The van der Waals surface area contributed by atoms with Crippen molar-refractivity contribution in [2.75, 3.05) is 13.6 Å². The summed E-state index contributed by atoms with van der Waals surface area (Å²) in [6, 6.07) is 9.77. The molecule has 0 spiro atoms. The Kier molecular flexibility index (Phi) is 5.25. The third kappa shape index (κ3) is 4.00. The first-order chi connectivity index (χ1) is 11.6. The van der Waals surface area contributed by atoms with Crippen LogP contribution in [0.25, 0.3) is 11.3 Å². The number of nitrogens with zero attached hydrogens (tertiary/aromatic N) is 4. The highest BCUT2D eigenvalue weighted by atomic mass is 16.3. The summed E-state index contributed by atoms with van der Waals surface area (Å²) in [5.74, 6) is 0.167. The molecule has 1 N–H and O–H groups in total. The first kappa shape index (κ1) is 16.6. The summed E-state index contributed by atoms with van der Waals surface area (Å²) in [6.45, 7) is 0.763. The molecule has 1 heterocycles. The van der Waals surface area contributed by atoms with Crippen LogP contribution in [-0.2, 0) is 11.3 Å². The zero-order valence-corrected chi connectivity index (χ0v) is 14.0. The maximum absolute atomic E-state index is 12.4. The van der Waals surface area contributed by atoms with E-state index in [1.165, 1.54) is 0 Å². The van der Waals surface area contributed by atoms with Crippen molar-refractivity contribution in [1.82, 2.24) is 19.9 Å². The Morgan fingerprint density at radius 3 is 2.79 bits per heavy atom. The topological polar surface area (TPSA) is 71.2 Å². The number of aliphatic hydroxyl groups is 1. The van der Waals surface area contributed by atoms with E-state index in [1.807, 2.05) is 30.3 Å². The number of likely N-dealkylation sites (N-methyl/N-ethyl adjacent to an activating group) is 1. The molecule has 1 saturated carbocycles. The molecule has 6 nitrogen and oxygen atoms in total. The van der Waals surface area contributed by atoms with Gasteiger partial charge in [-0.15, -0.1) is 5.10 Å². The van der Waals surface area contributed by atoms with Crippen molar-refractivity contribution in [1.29, 1.82) is 0 Å². The van der Waals surface area contributed by atoms with Gasteiger partial charge in [0.15, 0.2) is 0 Å². The Balaban J connectivity index is 1.57. The maximum Gasteiger partial charge on any atom is 0.244 e. The van der Waals surface area contributed by atoms with Gasteiger partial charge in [0.25, 0.3) is 0 Å². The van der Waals surface area contributed by atoms with E-state index in [-0.39, 0.29) is 24.5 Å². The standard InChI is InChI=1S/C18H24N4O2/c1-21(11-15-9-5-6-10-17(15)23)18(24)13-22-12-16(19-20-22)14-7-3-2-4-8-14/h2-4,7-8,12,15,17,23H,5-6,9-11,13H2,1H3. The van der Waals surface area contributed by atoms with Crippen molar-refractivity contribution < 1.29 is 9.90 Å². The first-order valence-corrected chi connectivity index (χ1v) is 8.51. The summed E-state index contributed by atoms with van der Waals surface area (Å²) in [4.78, 5) is 14.1. The van der Waals surface area contributed by atoms with Gasteiger partial charge in [-0.2, -0.15) is 0 Å². The third-order valence-corrected chi connectivity index (χ3v) is 4.71. The maximum atomic E-state index is 12.4. The van der Waals surface area contributed by atoms with Gasteiger partial charge >= 0.3 is 0 Å². The summed E-state index contributed by atoms with van der Waals surface area (Å²) in [6.07, 6.45) is 5.54. The number of amides is 1. The van der Waals surface area contributed by atoms with Crippen molar-refractivity contribution in [3.63, 3.8) is 0 Å². The normalized spacial score (nSPS) is 20.8. The fraction of sp³-hybridized carbons (Fsp3) is 0.500. The Morgan fingerprint density at radius 2 is 2.04 bits per heavy atom. The Labute approximate surface area is 142 Å². The van der Waals surface area contributed by atoms with Crippen molar-refractivity contribution in [3.8, 4) is 11.3 Å². The number of benzene rings is 1. The van der Waals surface area contributed by atoms with Crippen LogP contribution >= 0.6 is 0 Å². The number of hydrogen-bond donors (Lipinski definition) is 1. The lowest BCUT2D eigenvalue weighted by molar-refractivity contribution is -0.132. The van der Waals surface area contributed by atoms with E-state index in [1.54, 1.807) is 22.8 Å². The lowest BCUT2D eigenvalue weighted by atomic mass is 9.86. The summed E-state index contributed by atoms with van der Waals surface area (Å²) < 4.78 is 1.57. The molecule has 2 aromatic rings. The van der Waals surface area contributed by atoms with Gasteiger partial charge in [-0.1, -0.05) is 48.4 Å². The van der Waals surface area contributed by atoms with Crippen LogP contribution in [0.3, 0.4) is 0 Å². The van der Waals surface area contributed by atoms with Crippen LogP contribution in [0.5, 0.6) is 0 Å². The Bertz CT molecular complexity index is 671. The van der Waals surface area contributed by atoms with Gasteiger partial charge in [0, 0.05) is 25.1 Å². The van der Waals surface area contributed by atoms with E-state index < -0.39 is 0 Å². The van der Waals surface area contributed by atoms with Crippen LogP contribution in [0, 0.1) is 5.92 Å². The van der Waals surface area contributed by atoms with Gasteiger partial charge in [-0.3, -0.25) is 4.79 Å². The molecule has 0 aliphatic heterocycles. The van der Waals surface area contributed by atoms with E-state index in [2.05, 4.69) is 10.3 Å². The highest BCUT2D eigenvalue weighted by Gasteiger charge is 2.25. The average molecular weight is 328 g/mol. The smallest absolute Gasteiger partial charge is 0.244 e. The second kappa shape index (κ2) is 7.57. The monoisotopic (exact) mass is 328 g/mol. The molecule has 3 rings (SSSR count). The first-order valence-electron chi connectivity index (χ1n) is 8.51. The second-order valence-corrected chi connectivity index (χ2v) is 6.55. The van der Waals surface area contributed by atoms with Gasteiger partial charge in [0.1, 0.15) is 12.2 Å². The van der Waals surface area contributed by atoms with Crippen molar-refractivity contribution in [3.05, 3.63) is 36.5 Å². The molecule has 128 valence electrons. The van der Waals surface area contributed by atoms with Crippen molar-refractivity contribution in [2.24, 2.45) is 5.92 Å². The predicted molar refractivity (Wildman–Crippen MR) is 91.1 cm³/mol. The zero-order chi connectivity index (χ0) is 16.9. The van der Waals surface area contributed by atoms with Gasteiger partial charge in [0.2, 0.25) is 5.91 Å². The van der Waals surface area contributed by atoms with Gasteiger partial charge in [-0.05, 0) is 12.8 Å².